The molecule has 0 aliphatic carbocycles. The topological polar surface area (TPSA) is 50.8 Å². The van der Waals surface area contributed by atoms with Crippen molar-refractivity contribution in [3.63, 3.8) is 0 Å². The maximum Gasteiger partial charge on any atom is 0.796 e. The second-order valence-corrected chi connectivity index (χ2v) is 7.89. The van der Waals surface area contributed by atoms with Crippen molar-refractivity contribution < 1.29 is 13.3 Å². The Morgan fingerprint density at radius 2 is 1.83 bits per heavy atom. The number of nitrogens with zero attached hydrogens (tertiary/aromatic N) is 2. The number of para-hydroxylation sites is 1. The van der Waals surface area contributed by atoms with Gasteiger partial charge in [-0.15, -0.1) is 0 Å². The fourth-order valence-corrected chi connectivity index (χ4v) is 4.47. The largest absolute Gasteiger partial charge is 0.796 e. The Balaban J connectivity index is 1.77. The number of halogens is 2. The fraction of sp³-hybridized carbons (Fsp3) is 0.136. The van der Waals surface area contributed by atoms with Crippen LogP contribution in [0.2, 0.25) is 0 Å². The van der Waals surface area contributed by atoms with Gasteiger partial charge in [-0.25, -0.2) is 8.63 Å². The summed E-state index contributed by atoms with van der Waals surface area (Å²) in [6.07, 6.45) is 2.47. The molecule has 0 unspecified atom stereocenters. The summed E-state index contributed by atoms with van der Waals surface area (Å²) in [5, 5.41) is 0. The van der Waals surface area contributed by atoms with Gasteiger partial charge in [-0.3, -0.25) is 4.99 Å². The minimum Gasteiger partial charge on any atom is -0.505 e. The van der Waals surface area contributed by atoms with Crippen molar-refractivity contribution in [2.75, 3.05) is 17.2 Å². The van der Waals surface area contributed by atoms with Gasteiger partial charge >= 0.3 is 7.47 Å². The van der Waals surface area contributed by atoms with E-state index in [1.54, 1.807) is 48.3 Å². The van der Waals surface area contributed by atoms with Gasteiger partial charge in [0.2, 0.25) is 0 Å². The van der Waals surface area contributed by atoms with Crippen molar-refractivity contribution in [1.29, 1.82) is 0 Å². The lowest BCUT2D eigenvalue weighted by Crippen LogP contribution is -2.22. The van der Waals surface area contributed by atoms with Gasteiger partial charge in [-0.05, 0) is 48.9 Å². The summed E-state index contributed by atoms with van der Waals surface area (Å²) < 4.78 is 31.1. The molecule has 0 radical (unpaired) electrons. The van der Waals surface area contributed by atoms with E-state index in [0.717, 1.165) is 34.1 Å². The highest BCUT2D eigenvalue weighted by Crippen LogP contribution is 2.49. The average Bonchev–Trinajstić information content (AvgIpc) is 2.73. The maximum atomic E-state index is 13.1. The summed E-state index contributed by atoms with van der Waals surface area (Å²) in [6, 6.07) is 18.7. The van der Waals surface area contributed by atoms with Crippen LogP contribution in [0.25, 0.3) is 0 Å². The van der Waals surface area contributed by atoms with Crippen LogP contribution in [0.3, 0.4) is 0 Å². The molecule has 3 aromatic rings. The van der Waals surface area contributed by atoms with E-state index in [1.807, 2.05) is 24.3 Å². The predicted molar refractivity (Wildman–Crippen MR) is 121 cm³/mol. The second kappa shape index (κ2) is 8.79. The van der Waals surface area contributed by atoms with Crippen LogP contribution in [-0.4, -0.2) is 20.2 Å². The molecule has 0 amide bonds. The molecule has 4 rings (SSSR count). The zero-order chi connectivity index (χ0) is 21.1. The van der Waals surface area contributed by atoms with Crippen molar-refractivity contribution >= 4 is 48.2 Å². The number of hydrogen-bond acceptors (Lipinski definition) is 5. The third-order valence-electron chi connectivity index (χ3n) is 4.67. The van der Waals surface area contributed by atoms with Crippen LogP contribution in [0.5, 0.6) is 5.75 Å². The van der Waals surface area contributed by atoms with E-state index in [-0.39, 0.29) is 5.75 Å². The molecule has 1 heterocycles. The lowest BCUT2D eigenvalue weighted by atomic mass is 10.1. The summed E-state index contributed by atoms with van der Waals surface area (Å²) >= 11 is 1.61. The number of nitrogen functional groups attached to an aromatic ring is 1. The molecule has 152 valence electrons. The fourth-order valence-electron chi connectivity index (χ4n) is 3.34. The number of hydrogen-bond donors (Lipinski definition) is 1. The molecule has 0 fully saturated rings. The number of fused-ring (bicyclic) bond motifs is 2. The lowest BCUT2D eigenvalue weighted by Gasteiger charge is -2.33. The molecule has 1 aliphatic rings. The van der Waals surface area contributed by atoms with Crippen molar-refractivity contribution in [2.45, 2.75) is 23.1 Å². The van der Waals surface area contributed by atoms with Gasteiger partial charge in [0.1, 0.15) is 5.75 Å². The van der Waals surface area contributed by atoms with E-state index in [1.165, 1.54) is 0 Å². The Bertz CT molecular complexity index is 1080. The molecule has 0 saturated heterocycles. The molecule has 8 heteroatoms. The SMILES string of the molecule is CCCN1c2ccccc2Sc2cc(C=Nc3ccc(N)cc3)c(OB(F)F)cc21. The lowest BCUT2D eigenvalue weighted by molar-refractivity contribution is 0.425. The quantitative estimate of drug-likeness (QED) is 0.286. The molecule has 0 aromatic heterocycles. The number of anilines is 3. The van der Waals surface area contributed by atoms with E-state index >= 15 is 0 Å². The summed E-state index contributed by atoms with van der Waals surface area (Å²) in [5.74, 6) is 0.101. The molecule has 4 nitrogen and oxygen atoms in total. The third kappa shape index (κ3) is 4.28. The normalized spacial score (nSPS) is 12.6. The van der Waals surface area contributed by atoms with Crippen molar-refractivity contribution in [3.8, 4) is 5.75 Å². The third-order valence-corrected chi connectivity index (χ3v) is 5.78. The molecule has 0 saturated carbocycles. The number of benzene rings is 3. The highest BCUT2D eigenvalue weighted by Gasteiger charge is 2.27. The molecule has 2 N–H and O–H groups in total. The van der Waals surface area contributed by atoms with Gasteiger partial charge in [0.15, 0.2) is 0 Å². The monoisotopic (exact) mass is 423 g/mol. The van der Waals surface area contributed by atoms with Crippen LogP contribution in [-0.2, 0) is 0 Å². The molecule has 0 atom stereocenters. The van der Waals surface area contributed by atoms with Gasteiger partial charge in [-0.2, -0.15) is 0 Å². The van der Waals surface area contributed by atoms with Crippen molar-refractivity contribution in [2.24, 2.45) is 4.99 Å². The molecular formula is C22H20BF2N3OS. The highest BCUT2D eigenvalue weighted by molar-refractivity contribution is 7.99. The molecule has 0 spiro atoms. The first kappa shape index (κ1) is 20.3. The van der Waals surface area contributed by atoms with Crippen LogP contribution >= 0.6 is 11.8 Å². The minimum atomic E-state index is -2.92. The van der Waals surface area contributed by atoms with Crippen molar-refractivity contribution in [3.05, 3.63) is 66.2 Å². The zero-order valence-corrected chi connectivity index (χ0v) is 17.2. The Morgan fingerprint density at radius 1 is 1.07 bits per heavy atom. The van der Waals surface area contributed by atoms with Gasteiger partial charge in [0.05, 0.1) is 17.1 Å². The summed E-state index contributed by atoms with van der Waals surface area (Å²) in [4.78, 5) is 8.66. The Morgan fingerprint density at radius 3 is 2.57 bits per heavy atom. The van der Waals surface area contributed by atoms with Gasteiger partial charge in [-0.1, -0.05) is 30.8 Å². The Hall–Kier alpha value is -3.00. The number of aliphatic imine (C=N–C) groups is 1. The van der Waals surface area contributed by atoms with Crippen LogP contribution < -0.4 is 15.3 Å². The second-order valence-electron chi connectivity index (χ2n) is 6.81. The van der Waals surface area contributed by atoms with E-state index in [9.17, 15) is 8.63 Å². The predicted octanol–water partition coefficient (Wildman–Crippen LogP) is 6.33. The van der Waals surface area contributed by atoms with E-state index in [0.29, 0.717) is 16.9 Å². The van der Waals surface area contributed by atoms with Crippen LogP contribution in [0.15, 0.2) is 75.4 Å². The first-order chi connectivity index (χ1) is 14.5. The smallest absolute Gasteiger partial charge is 0.505 e. The van der Waals surface area contributed by atoms with Crippen LogP contribution in [0.4, 0.5) is 31.4 Å². The summed E-state index contributed by atoms with van der Waals surface area (Å²) in [7, 11) is -2.92. The minimum absolute atomic E-state index is 0.101. The average molecular weight is 423 g/mol. The highest BCUT2D eigenvalue weighted by atomic mass is 32.2. The summed E-state index contributed by atoms with van der Waals surface area (Å²) in [5.41, 5.74) is 9.44. The van der Waals surface area contributed by atoms with E-state index < -0.39 is 7.47 Å². The first-order valence-electron chi connectivity index (χ1n) is 9.62. The van der Waals surface area contributed by atoms with Crippen LogP contribution in [0.1, 0.15) is 18.9 Å². The molecule has 1 aliphatic heterocycles. The van der Waals surface area contributed by atoms with E-state index in [4.69, 9.17) is 10.4 Å². The summed E-state index contributed by atoms with van der Waals surface area (Å²) in [6.45, 7) is 2.87. The first-order valence-corrected chi connectivity index (χ1v) is 10.4. The molecule has 30 heavy (non-hydrogen) atoms. The van der Waals surface area contributed by atoms with Gasteiger partial charge < -0.3 is 15.3 Å². The number of nitrogens with two attached hydrogens (primary N) is 1. The molecule has 0 bridgehead atoms. The Labute approximate surface area is 179 Å². The van der Waals surface area contributed by atoms with Crippen LogP contribution in [0, 0.1) is 0 Å². The molecule has 3 aromatic carbocycles. The zero-order valence-electron chi connectivity index (χ0n) is 16.4. The maximum absolute atomic E-state index is 13.1. The molecular weight excluding hydrogens is 403 g/mol. The van der Waals surface area contributed by atoms with Gasteiger partial charge in [0.25, 0.3) is 0 Å². The Kier molecular flexibility index (Phi) is 5.94. The van der Waals surface area contributed by atoms with Gasteiger partial charge in [0, 0.05) is 39.9 Å². The van der Waals surface area contributed by atoms with E-state index in [2.05, 4.69) is 22.9 Å². The standard InChI is InChI=1S/C22H20BF2N3OS/c1-2-11-28-18-5-3-4-6-21(18)30-22-12-15(20(13-19(22)28)29-23(24)25)14-27-17-9-7-16(26)8-10-17/h3-10,12-14H,2,11,26H2,1H3. The van der Waals surface area contributed by atoms with Crippen molar-refractivity contribution in [1.82, 2.24) is 0 Å². The number of rotatable bonds is 6.